The molecule has 0 saturated heterocycles. The molecule has 0 spiro atoms. The molecular formula is C16H13N3O5S. The Labute approximate surface area is 142 Å². The lowest BCUT2D eigenvalue weighted by molar-refractivity contribution is 0.482. The highest BCUT2D eigenvalue weighted by Gasteiger charge is 2.07. The molecule has 1 heterocycles. The van der Waals surface area contributed by atoms with Crippen LogP contribution < -0.4 is 16.0 Å². The fourth-order valence-electron chi connectivity index (χ4n) is 2.08. The minimum absolute atomic E-state index is 0.207. The Hall–Kier alpha value is -3.20. The smallest absolute Gasteiger partial charge is 0.349 e. The van der Waals surface area contributed by atoms with Crippen LogP contribution in [0.25, 0.3) is 5.69 Å². The zero-order chi connectivity index (χ0) is 18.0. The van der Waals surface area contributed by atoms with E-state index in [0.717, 1.165) is 17.1 Å². The Morgan fingerprint density at radius 3 is 2.04 bits per heavy atom. The number of sulfone groups is 1. The quantitative estimate of drug-likeness (QED) is 0.747. The van der Waals surface area contributed by atoms with Gasteiger partial charge in [-0.05, 0) is 48.5 Å². The Morgan fingerprint density at radius 2 is 1.52 bits per heavy atom. The number of ether oxygens (including phenoxy) is 1. The highest BCUT2D eigenvalue weighted by molar-refractivity contribution is 7.90. The molecule has 2 aromatic carbocycles. The van der Waals surface area contributed by atoms with E-state index in [2.05, 4.69) is 10.1 Å². The summed E-state index contributed by atoms with van der Waals surface area (Å²) >= 11 is 0. The normalized spacial score (nSPS) is 11.2. The van der Waals surface area contributed by atoms with Gasteiger partial charge in [0.15, 0.2) is 9.84 Å². The second-order valence-corrected chi connectivity index (χ2v) is 7.21. The van der Waals surface area contributed by atoms with Crippen LogP contribution in [0, 0.1) is 0 Å². The first-order valence-corrected chi connectivity index (χ1v) is 8.99. The average Bonchev–Trinajstić information content (AvgIpc) is 2.56. The first kappa shape index (κ1) is 16.7. The van der Waals surface area contributed by atoms with Crippen LogP contribution in [-0.4, -0.2) is 29.4 Å². The van der Waals surface area contributed by atoms with Gasteiger partial charge in [0.1, 0.15) is 17.7 Å². The van der Waals surface area contributed by atoms with Crippen molar-refractivity contribution in [3.63, 3.8) is 0 Å². The highest BCUT2D eigenvalue weighted by Crippen LogP contribution is 2.23. The van der Waals surface area contributed by atoms with Crippen LogP contribution in [0.2, 0.25) is 0 Å². The number of rotatable bonds is 4. The topological polar surface area (TPSA) is 111 Å². The molecule has 0 aliphatic carbocycles. The van der Waals surface area contributed by atoms with Gasteiger partial charge in [-0.2, -0.15) is 9.78 Å². The summed E-state index contributed by atoms with van der Waals surface area (Å²) in [6.45, 7) is 0. The third-order valence-corrected chi connectivity index (χ3v) is 4.41. The van der Waals surface area contributed by atoms with Crippen LogP contribution in [-0.2, 0) is 9.84 Å². The Morgan fingerprint density at radius 1 is 0.960 bits per heavy atom. The SMILES string of the molecule is CS(=O)(=O)c1ccc(Oc2ccc(-n3ncc(=O)[nH]c3=O)cc2)cc1. The maximum atomic E-state index is 11.7. The molecule has 0 bridgehead atoms. The Bertz CT molecular complexity index is 1110. The summed E-state index contributed by atoms with van der Waals surface area (Å²) in [7, 11) is -3.26. The van der Waals surface area contributed by atoms with E-state index in [4.69, 9.17) is 4.74 Å². The van der Waals surface area contributed by atoms with E-state index in [1.807, 2.05) is 0 Å². The summed E-state index contributed by atoms with van der Waals surface area (Å²) in [5.41, 5.74) is -0.752. The molecule has 0 aliphatic heterocycles. The Kier molecular flexibility index (Phi) is 4.24. The molecule has 0 amide bonds. The number of aromatic amines is 1. The zero-order valence-electron chi connectivity index (χ0n) is 13.0. The summed E-state index contributed by atoms with van der Waals surface area (Å²) in [6.07, 6.45) is 2.14. The van der Waals surface area contributed by atoms with Gasteiger partial charge in [0.25, 0.3) is 5.56 Å². The minimum Gasteiger partial charge on any atom is -0.457 e. The summed E-state index contributed by atoms with van der Waals surface area (Å²) in [4.78, 5) is 25.0. The molecule has 25 heavy (non-hydrogen) atoms. The van der Waals surface area contributed by atoms with E-state index >= 15 is 0 Å². The minimum atomic E-state index is -3.26. The summed E-state index contributed by atoms with van der Waals surface area (Å²) < 4.78 is 29.5. The fourth-order valence-corrected chi connectivity index (χ4v) is 2.71. The van der Waals surface area contributed by atoms with Crippen LogP contribution in [0.3, 0.4) is 0 Å². The molecule has 0 radical (unpaired) electrons. The molecule has 1 N–H and O–H groups in total. The predicted molar refractivity (Wildman–Crippen MR) is 90.1 cm³/mol. The van der Waals surface area contributed by atoms with Crippen molar-refractivity contribution in [3.8, 4) is 17.2 Å². The number of benzene rings is 2. The van der Waals surface area contributed by atoms with Gasteiger partial charge in [0, 0.05) is 6.26 Å². The third kappa shape index (κ3) is 3.83. The molecule has 1 aromatic heterocycles. The van der Waals surface area contributed by atoms with Gasteiger partial charge in [0.05, 0.1) is 10.6 Å². The van der Waals surface area contributed by atoms with Crippen LogP contribution in [0.4, 0.5) is 0 Å². The van der Waals surface area contributed by atoms with E-state index in [1.54, 1.807) is 36.4 Å². The van der Waals surface area contributed by atoms with Crippen molar-refractivity contribution in [2.75, 3.05) is 6.26 Å². The van der Waals surface area contributed by atoms with Crippen molar-refractivity contribution in [1.29, 1.82) is 0 Å². The van der Waals surface area contributed by atoms with Gasteiger partial charge >= 0.3 is 5.69 Å². The number of nitrogens with one attached hydrogen (secondary N) is 1. The van der Waals surface area contributed by atoms with Crippen LogP contribution in [0.5, 0.6) is 11.5 Å². The van der Waals surface area contributed by atoms with Gasteiger partial charge in [-0.25, -0.2) is 13.2 Å². The third-order valence-electron chi connectivity index (χ3n) is 3.28. The van der Waals surface area contributed by atoms with Crippen molar-refractivity contribution < 1.29 is 13.2 Å². The summed E-state index contributed by atoms with van der Waals surface area (Å²) in [5, 5.41) is 3.76. The van der Waals surface area contributed by atoms with E-state index in [-0.39, 0.29) is 4.90 Å². The lowest BCUT2D eigenvalue weighted by Crippen LogP contribution is -2.30. The maximum Gasteiger partial charge on any atom is 0.349 e. The van der Waals surface area contributed by atoms with Crippen molar-refractivity contribution in [2.24, 2.45) is 0 Å². The van der Waals surface area contributed by atoms with Crippen LogP contribution >= 0.6 is 0 Å². The zero-order valence-corrected chi connectivity index (χ0v) is 13.9. The largest absolute Gasteiger partial charge is 0.457 e. The van der Waals surface area contributed by atoms with Crippen molar-refractivity contribution in [3.05, 3.63) is 75.6 Å². The Balaban J connectivity index is 1.81. The van der Waals surface area contributed by atoms with E-state index in [0.29, 0.717) is 17.2 Å². The predicted octanol–water partition coefficient (Wildman–Crippen LogP) is 1.12. The number of H-pyrrole nitrogens is 1. The molecule has 0 fully saturated rings. The molecular weight excluding hydrogens is 346 g/mol. The lowest BCUT2D eigenvalue weighted by Gasteiger charge is -2.08. The van der Waals surface area contributed by atoms with E-state index < -0.39 is 21.1 Å². The highest BCUT2D eigenvalue weighted by atomic mass is 32.2. The molecule has 9 heteroatoms. The summed E-state index contributed by atoms with van der Waals surface area (Å²) in [6, 6.07) is 12.5. The van der Waals surface area contributed by atoms with Crippen LogP contribution in [0.15, 0.2) is 69.2 Å². The number of nitrogens with zero attached hydrogens (tertiary/aromatic N) is 2. The molecule has 8 nitrogen and oxygen atoms in total. The molecule has 0 saturated carbocycles. The standard InChI is InChI=1S/C16H13N3O5S/c1-25(22,23)14-8-6-13(7-9-14)24-12-4-2-11(3-5-12)19-16(21)18-15(20)10-17-19/h2-10H,1H3,(H,18,20,21). The first-order chi connectivity index (χ1) is 11.8. The van der Waals surface area contributed by atoms with Crippen molar-refractivity contribution in [2.45, 2.75) is 4.90 Å². The first-order valence-electron chi connectivity index (χ1n) is 7.10. The van der Waals surface area contributed by atoms with Gasteiger partial charge in [0.2, 0.25) is 0 Å². The summed E-state index contributed by atoms with van der Waals surface area (Å²) in [5.74, 6) is 0.966. The molecule has 0 aliphatic rings. The lowest BCUT2D eigenvalue weighted by atomic mass is 10.3. The fraction of sp³-hybridized carbons (Fsp3) is 0.0625. The van der Waals surface area contributed by atoms with Gasteiger partial charge < -0.3 is 4.74 Å². The molecule has 3 aromatic rings. The number of hydrogen-bond acceptors (Lipinski definition) is 6. The van der Waals surface area contributed by atoms with Gasteiger partial charge in [-0.15, -0.1) is 0 Å². The van der Waals surface area contributed by atoms with E-state index in [9.17, 15) is 18.0 Å². The number of hydrogen-bond donors (Lipinski definition) is 1. The van der Waals surface area contributed by atoms with Crippen LogP contribution in [0.1, 0.15) is 0 Å². The molecule has 3 rings (SSSR count). The van der Waals surface area contributed by atoms with Gasteiger partial charge in [-0.1, -0.05) is 0 Å². The monoisotopic (exact) mass is 359 g/mol. The van der Waals surface area contributed by atoms with Crippen molar-refractivity contribution in [1.82, 2.24) is 14.8 Å². The van der Waals surface area contributed by atoms with E-state index in [1.165, 1.54) is 12.1 Å². The molecule has 0 unspecified atom stereocenters. The second kappa shape index (κ2) is 6.36. The number of aromatic nitrogens is 3. The van der Waals surface area contributed by atoms with Gasteiger partial charge in [-0.3, -0.25) is 9.78 Å². The maximum absolute atomic E-state index is 11.7. The molecule has 0 atom stereocenters. The second-order valence-electron chi connectivity index (χ2n) is 5.19. The van der Waals surface area contributed by atoms with Crippen molar-refractivity contribution >= 4 is 9.84 Å². The molecule has 128 valence electrons. The average molecular weight is 359 g/mol.